The molecule has 0 saturated carbocycles. The fourth-order valence-electron chi connectivity index (χ4n) is 4.13. The Morgan fingerprint density at radius 2 is 1.74 bits per heavy atom. The van der Waals surface area contributed by atoms with Crippen molar-refractivity contribution in [2.45, 2.75) is 77.9 Å². The van der Waals surface area contributed by atoms with Gasteiger partial charge in [0.1, 0.15) is 11.4 Å². The minimum atomic E-state index is -0.524. The molecule has 1 aliphatic rings. The van der Waals surface area contributed by atoms with E-state index in [1.807, 2.05) is 20.8 Å². The molecule has 1 aliphatic heterocycles. The molecule has 0 radical (unpaired) electrons. The van der Waals surface area contributed by atoms with Crippen LogP contribution in [0.2, 0.25) is 0 Å². The molecule has 34 heavy (non-hydrogen) atoms. The molecule has 4 rings (SSSR count). The Morgan fingerprint density at radius 1 is 1.09 bits per heavy atom. The molecule has 1 aromatic carbocycles. The molecule has 1 N–H and O–H groups in total. The first-order valence-corrected chi connectivity index (χ1v) is 11.8. The highest BCUT2D eigenvalue weighted by Gasteiger charge is 2.29. The smallest absolute Gasteiger partial charge is 0.410 e. The molecule has 1 fully saturated rings. The molecule has 1 saturated heterocycles. The normalized spacial score (nSPS) is 15.6. The van der Waals surface area contributed by atoms with E-state index in [9.17, 15) is 9.59 Å². The van der Waals surface area contributed by atoms with Crippen LogP contribution >= 0.6 is 0 Å². The van der Waals surface area contributed by atoms with Gasteiger partial charge in [-0.3, -0.25) is 4.79 Å². The van der Waals surface area contributed by atoms with Gasteiger partial charge in [0.2, 0.25) is 0 Å². The topological polar surface area (TPSA) is 106 Å². The first kappa shape index (κ1) is 23.9. The summed E-state index contributed by atoms with van der Waals surface area (Å²) in [6, 6.07) is 8.40. The fraction of sp³-hybridized carbons (Fsp3) is 0.560. The number of amides is 1. The Bertz CT molecular complexity index is 1220. The second kappa shape index (κ2) is 8.85. The zero-order valence-corrected chi connectivity index (χ0v) is 20.9. The second-order valence-corrected chi connectivity index (χ2v) is 11.1. The minimum absolute atomic E-state index is 0.0465. The number of nitrogens with one attached hydrogen (secondary N) is 1. The van der Waals surface area contributed by atoms with Gasteiger partial charge < -0.3 is 14.6 Å². The lowest BCUT2D eigenvalue weighted by Crippen LogP contribution is -2.41. The zero-order chi connectivity index (χ0) is 24.7. The van der Waals surface area contributed by atoms with Crippen molar-refractivity contribution in [3.05, 3.63) is 51.6 Å². The highest BCUT2D eigenvalue weighted by molar-refractivity contribution is 5.69. The summed E-state index contributed by atoms with van der Waals surface area (Å²) in [6.07, 6.45) is 1.09. The summed E-state index contributed by atoms with van der Waals surface area (Å²) in [6.45, 7) is 13.7. The molecule has 3 aromatic rings. The van der Waals surface area contributed by atoms with Crippen molar-refractivity contribution in [3.8, 4) is 0 Å². The third-order valence-electron chi connectivity index (χ3n) is 6.08. The van der Waals surface area contributed by atoms with Crippen LogP contribution in [0, 0.1) is 0 Å². The van der Waals surface area contributed by atoms with Crippen LogP contribution in [0.15, 0.2) is 29.1 Å². The number of hydrogen-bond acceptors (Lipinski definition) is 6. The molecule has 9 heteroatoms. The number of carbonyl (C=O) groups excluding carboxylic acids is 1. The molecule has 3 heterocycles. The van der Waals surface area contributed by atoms with E-state index in [4.69, 9.17) is 9.72 Å². The van der Waals surface area contributed by atoms with E-state index in [1.54, 1.807) is 9.58 Å². The molecular formula is C25H34N6O3. The summed E-state index contributed by atoms with van der Waals surface area (Å²) in [5.74, 6) is 0.665. The van der Waals surface area contributed by atoms with Gasteiger partial charge in [0, 0.05) is 19.0 Å². The SMILES string of the molecule is CC(C)(C)OC(=O)N1CCC(c2nc3c(nnn3Cc3ccc(C(C)(C)C)cc3)c(=O)[nH]2)CC1. The van der Waals surface area contributed by atoms with Crippen LogP contribution in [0.5, 0.6) is 0 Å². The van der Waals surface area contributed by atoms with Crippen LogP contribution in [0.4, 0.5) is 4.79 Å². The van der Waals surface area contributed by atoms with E-state index in [2.05, 4.69) is 60.3 Å². The Morgan fingerprint density at radius 3 is 2.32 bits per heavy atom. The third-order valence-corrected chi connectivity index (χ3v) is 6.08. The van der Waals surface area contributed by atoms with Gasteiger partial charge >= 0.3 is 6.09 Å². The summed E-state index contributed by atoms with van der Waals surface area (Å²) in [5, 5.41) is 8.26. The quantitative estimate of drug-likeness (QED) is 0.626. The Balaban J connectivity index is 1.51. The molecule has 182 valence electrons. The summed E-state index contributed by atoms with van der Waals surface area (Å²) in [5.41, 5.74) is 2.31. The van der Waals surface area contributed by atoms with Crippen molar-refractivity contribution in [1.29, 1.82) is 0 Å². The van der Waals surface area contributed by atoms with E-state index < -0.39 is 5.60 Å². The number of benzene rings is 1. The number of rotatable bonds is 3. The Hall–Kier alpha value is -3.23. The zero-order valence-electron chi connectivity index (χ0n) is 20.9. The fourth-order valence-corrected chi connectivity index (χ4v) is 4.13. The number of aromatic nitrogens is 5. The van der Waals surface area contributed by atoms with Crippen molar-refractivity contribution in [3.63, 3.8) is 0 Å². The molecule has 2 aromatic heterocycles. The van der Waals surface area contributed by atoms with E-state index in [-0.39, 0.29) is 28.5 Å². The lowest BCUT2D eigenvalue weighted by atomic mass is 9.87. The van der Waals surface area contributed by atoms with Gasteiger partial charge in [0.25, 0.3) is 5.56 Å². The average molecular weight is 467 g/mol. The average Bonchev–Trinajstić information content (AvgIpc) is 3.15. The molecule has 1 amide bonds. The van der Waals surface area contributed by atoms with Gasteiger partial charge in [-0.1, -0.05) is 50.3 Å². The van der Waals surface area contributed by atoms with Crippen molar-refractivity contribution in [2.75, 3.05) is 13.1 Å². The number of fused-ring (bicyclic) bond motifs is 1. The number of nitrogens with zero attached hydrogens (tertiary/aromatic N) is 5. The standard InChI is InChI=1S/C25H34N6O3/c1-24(2,3)18-9-7-16(8-10-18)15-31-21-19(28-29-31)22(32)27-20(26-21)17-11-13-30(14-12-17)23(33)34-25(4,5)6/h7-10,17H,11-15H2,1-6H3,(H,26,27,32). The molecule has 0 unspecified atom stereocenters. The van der Waals surface area contributed by atoms with Crippen LogP contribution in [0.1, 0.15) is 77.3 Å². The van der Waals surface area contributed by atoms with E-state index >= 15 is 0 Å². The highest BCUT2D eigenvalue weighted by atomic mass is 16.6. The summed E-state index contributed by atoms with van der Waals surface area (Å²) in [4.78, 5) is 34.4. The number of H-pyrrole nitrogens is 1. The number of aromatic amines is 1. The van der Waals surface area contributed by atoms with Crippen molar-refractivity contribution >= 4 is 17.3 Å². The molecule has 0 bridgehead atoms. The van der Waals surface area contributed by atoms with Crippen LogP contribution in [0.3, 0.4) is 0 Å². The largest absolute Gasteiger partial charge is 0.444 e. The molecule has 0 atom stereocenters. The van der Waals surface area contributed by atoms with Gasteiger partial charge in [-0.25, -0.2) is 14.5 Å². The lowest BCUT2D eigenvalue weighted by Gasteiger charge is -2.33. The number of likely N-dealkylation sites (tertiary alicyclic amines) is 1. The van der Waals surface area contributed by atoms with E-state index in [1.165, 1.54) is 5.56 Å². The maximum Gasteiger partial charge on any atom is 0.410 e. The number of piperidine rings is 1. The van der Waals surface area contributed by atoms with Crippen molar-refractivity contribution < 1.29 is 9.53 Å². The monoisotopic (exact) mass is 466 g/mol. The summed E-state index contributed by atoms with van der Waals surface area (Å²) >= 11 is 0. The number of carbonyl (C=O) groups is 1. The van der Waals surface area contributed by atoms with E-state index in [0.29, 0.717) is 43.9 Å². The first-order chi connectivity index (χ1) is 15.9. The molecular weight excluding hydrogens is 432 g/mol. The molecule has 9 nitrogen and oxygen atoms in total. The van der Waals surface area contributed by atoms with Crippen LogP contribution < -0.4 is 5.56 Å². The van der Waals surface area contributed by atoms with Crippen LogP contribution in [0.25, 0.3) is 11.2 Å². The predicted molar refractivity (Wildman–Crippen MR) is 130 cm³/mol. The van der Waals surface area contributed by atoms with E-state index in [0.717, 1.165) is 5.56 Å². The van der Waals surface area contributed by atoms with Crippen LogP contribution in [-0.2, 0) is 16.7 Å². The number of hydrogen-bond donors (Lipinski definition) is 1. The minimum Gasteiger partial charge on any atom is -0.444 e. The second-order valence-electron chi connectivity index (χ2n) is 11.1. The summed E-state index contributed by atoms with van der Waals surface area (Å²) < 4.78 is 7.15. The van der Waals surface area contributed by atoms with Gasteiger partial charge in [0.15, 0.2) is 11.2 Å². The summed E-state index contributed by atoms with van der Waals surface area (Å²) in [7, 11) is 0. The first-order valence-electron chi connectivity index (χ1n) is 11.8. The van der Waals surface area contributed by atoms with Gasteiger partial charge in [-0.15, -0.1) is 5.10 Å². The molecule has 0 aliphatic carbocycles. The van der Waals surface area contributed by atoms with Crippen molar-refractivity contribution in [2.24, 2.45) is 0 Å². The van der Waals surface area contributed by atoms with Gasteiger partial charge in [0.05, 0.1) is 6.54 Å². The van der Waals surface area contributed by atoms with Crippen molar-refractivity contribution in [1.82, 2.24) is 29.9 Å². The highest BCUT2D eigenvalue weighted by Crippen LogP contribution is 2.27. The maximum atomic E-state index is 12.7. The van der Waals surface area contributed by atoms with Crippen LogP contribution in [-0.4, -0.2) is 54.6 Å². The Labute approximate surface area is 199 Å². The Kier molecular flexibility index (Phi) is 6.22. The third kappa shape index (κ3) is 5.29. The lowest BCUT2D eigenvalue weighted by molar-refractivity contribution is 0.0203. The van der Waals surface area contributed by atoms with Gasteiger partial charge in [-0.05, 0) is 50.2 Å². The predicted octanol–water partition coefficient (Wildman–Crippen LogP) is 3.97. The molecule has 0 spiro atoms. The van der Waals surface area contributed by atoms with Gasteiger partial charge in [-0.2, -0.15) is 0 Å². The maximum absolute atomic E-state index is 12.7. The number of ether oxygens (including phenoxy) is 1.